The molecule has 3 aliphatic carbocycles. The van der Waals surface area contributed by atoms with Gasteiger partial charge in [-0.2, -0.15) is 0 Å². The standard InChI is InChI=1S/C10H12Br2O/c11-9-6-1-4(13)2-7-5(6)3-8(9)10(7)12/h5-10H,1-3H2/t5?,6-,7+,8?,9+,10-. The molecule has 0 amide bonds. The summed E-state index contributed by atoms with van der Waals surface area (Å²) < 4.78 is 0. The van der Waals surface area contributed by atoms with E-state index in [2.05, 4.69) is 31.9 Å². The first-order valence-corrected chi connectivity index (χ1v) is 6.81. The number of Topliss-reactive ketones (excluding diaryl/α,β-unsaturated/α-hetero) is 1. The van der Waals surface area contributed by atoms with Gasteiger partial charge in [0.15, 0.2) is 0 Å². The monoisotopic (exact) mass is 306 g/mol. The highest BCUT2D eigenvalue weighted by Gasteiger charge is 2.58. The molecule has 0 N–H and O–H groups in total. The molecular formula is C10H12Br2O. The highest BCUT2D eigenvalue weighted by Crippen LogP contribution is 2.61. The zero-order chi connectivity index (χ0) is 9.16. The van der Waals surface area contributed by atoms with Crippen LogP contribution in [0.4, 0.5) is 0 Å². The van der Waals surface area contributed by atoms with Crippen molar-refractivity contribution in [1.29, 1.82) is 0 Å². The lowest BCUT2D eigenvalue weighted by Crippen LogP contribution is -2.42. The van der Waals surface area contributed by atoms with Gasteiger partial charge >= 0.3 is 0 Å². The topological polar surface area (TPSA) is 17.1 Å². The van der Waals surface area contributed by atoms with Gasteiger partial charge in [0.05, 0.1) is 0 Å². The van der Waals surface area contributed by atoms with Crippen LogP contribution in [0.15, 0.2) is 0 Å². The highest BCUT2D eigenvalue weighted by atomic mass is 79.9. The summed E-state index contributed by atoms with van der Waals surface area (Å²) in [5, 5.41) is 0. The van der Waals surface area contributed by atoms with Gasteiger partial charge in [-0.3, -0.25) is 4.79 Å². The Kier molecular flexibility index (Phi) is 1.93. The van der Waals surface area contributed by atoms with Crippen molar-refractivity contribution in [2.24, 2.45) is 23.7 Å². The molecular weight excluding hydrogens is 296 g/mol. The lowest BCUT2D eigenvalue weighted by molar-refractivity contribution is -0.124. The fraction of sp³-hybridized carbons (Fsp3) is 0.900. The van der Waals surface area contributed by atoms with Crippen molar-refractivity contribution >= 4 is 37.6 Å². The quantitative estimate of drug-likeness (QED) is 0.629. The summed E-state index contributed by atoms with van der Waals surface area (Å²) in [5.74, 6) is 3.42. The molecule has 3 aliphatic rings. The van der Waals surface area contributed by atoms with Crippen LogP contribution in [0, 0.1) is 23.7 Å². The van der Waals surface area contributed by atoms with Crippen LogP contribution < -0.4 is 0 Å². The number of rotatable bonds is 0. The third kappa shape index (κ3) is 1.06. The van der Waals surface area contributed by atoms with Crippen molar-refractivity contribution < 1.29 is 4.79 Å². The van der Waals surface area contributed by atoms with Crippen LogP contribution in [0.2, 0.25) is 0 Å². The first-order chi connectivity index (χ1) is 6.18. The van der Waals surface area contributed by atoms with Gasteiger partial charge in [0.2, 0.25) is 0 Å². The van der Waals surface area contributed by atoms with Gasteiger partial charge in [-0.05, 0) is 30.1 Å². The lowest BCUT2D eigenvalue weighted by Gasteiger charge is -2.39. The van der Waals surface area contributed by atoms with Crippen LogP contribution in [0.5, 0.6) is 0 Å². The van der Waals surface area contributed by atoms with Crippen molar-refractivity contribution in [2.45, 2.75) is 28.9 Å². The zero-order valence-corrected chi connectivity index (χ0v) is 10.4. The van der Waals surface area contributed by atoms with E-state index in [1.165, 1.54) is 6.42 Å². The van der Waals surface area contributed by atoms with E-state index >= 15 is 0 Å². The Morgan fingerprint density at radius 1 is 0.923 bits per heavy atom. The van der Waals surface area contributed by atoms with Crippen LogP contribution in [0.3, 0.4) is 0 Å². The predicted molar refractivity (Wildman–Crippen MR) is 58.2 cm³/mol. The Balaban J connectivity index is 1.97. The number of carbonyl (C=O) groups is 1. The van der Waals surface area contributed by atoms with Crippen LogP contribution in [0.25, 0.3) is 0 Å². The summed E-state index contributed by atoms with van der Waals surface area (Å²) in [4.78, 5) is 12.7. The van der Waals surface area contributed by atoms with E-state index < -0.39 is 0 Å². The predicted octanol–water partition coefficient (Wildman–Crippen LogP) is 2.76. The summed E-state index contributed by atoms with van der Waals surface area (Å²) in [6.07, 6.45) is 3.02. The van der Waals surface area contributed by atoms with Gasteiger partial charge in [-0.15, -0.1) is 0 Å². The molecule has 72 valence electrons. The van der Waals surface area contributed by atoms with E-state index in [1.807, 2.05) is 0 Å². The van der Waals surface area contributed by atoms with Gasteiger partial charge < -0.3 is 0 Å². The first kappa shape index (κ1) is 8.90. The Morgan fingerprint density at radius 2 is 1.46 bits per heavy atom. The maximum Gasteiger partial charge on any atom is 0.133 e. The Hall–Kier alpha value is 0.630. The molecule has 13 heavy (non-hydrogen) atoms. The summed E-state index contributed by atoms with van der Waals surface area (Å²) in [6.45, 7) is 0. The molecule has 6 atom stereocenters. The van der Waals surface area contributed by atoms with E-state index in [9.17, 15) is 4.79 Å². The molecule has 0 spiro atoms. The van der Waals surface area contributed by atoms with E-state index in [4.69, 9.17) is 0 Å². The average Bonchev–Trinajstić information content (AvgIpc) is 2.56. The van der Waals surface area contributed by atoms with E-state index in [0.29, 0.717) is 27.3 Å². The van der Waals surface area contributed by atoms with E-state index in [0.717, 1.165) is 24.7 Å². The number of carbonyl (C=O) groups excluding carboxylic acids is 1. The minimum absolute atomic E-state index is 0.487. The number of ketones is 1. The molecule has 2 unspecified atom stereocenters. The Labute approximate surface area is 94.9 Å². The maximum atomic E-state index is 11.5. The molecule has 0 aromatic heterocycles. The molecule has 0 heterocycles. The zero-order valence-electron chi connectivity index (χ0n) is 7.25. The van der Waals surface area contributed by atoms with Crippen molar-refractivity contribution in [2.75, 3.05) is 0 Å². The molecule has 3 saturated carbocycles. The molecule has 0 aromatic rings. The minimum Gasteiger partial charge on any atom is -0.300 e. The molecule has 2 bridgehead atoms. The molecule has 0 aromatic carbocycles. The van der Waals surface area contributed by atoms with Gasteiger partial charge in [0.1, 0.15) is 5.78 Å². The maximum absolute atomic E-state index is 11.5. The van der Waals surface area contributed by atoms with Crippen molar-refractivity contribution in [3.8, 4) is 0 Å². The molecule has 3 rings (SSSR count). The number of hydrogen-bond donors (Lipinski definition) is 0. The second-order valence-electron chi connectivity index (χ2n) is 4.73. The Bertz CT molecular complexity index is 244. The van der Waals surface area contributed by atoms with E-state index in [1.54, 1.807) is 0 Å². The molecule has 0 radical (unpaired) electrons. The molecule has 1 nitrogen and oxygen atoms in total. The number of hydrogen-bond acceptors (Lipinski definition) is 1. The van der Waals surface area contributed by atoms with Gasteiger partial charge in [0.25, 0.3) is 0 Å². The third-order valence-electron chi connectivity index (χ3n) is 4.21. The fourth-order valence-electron chi connectivity index (χ4n) is 3.66. The average molecular weight is 308 g/mol. The van der Waals surface area contributed by atoms with Crippen LogP contribution in [-0.4, -0.2) is 15.4 Å². The molecule has 3 fully saturated rings. The molecule has 3 heteroatoms. The van der Waals surface area contributed by atoms with E-state index in [-0.39, 0.29) is 0 Å². The fourth-order valence-corrected chi connectivity index (χ4v) is 6.32. The van der Waals surface area contributed by atoms with Gasteiger partial charge in [0, 0.05) is 22.5 Å². The second kappa shape index (κ2) is 2.82. The first-order valence-electron chi connectivity index (χ1n) is 4.98. The SMILES string of the molecule is O=C1C[C@@H]2C3CC([C@H]2Br)[C@H](Br)[C@H]3C1. The van der Waals surface area contributed by atoms with Crippen molar-refractivity contribution in [3.63, 3.8) is 0 Å². The smallest absolute Gasteiger partial charge is 0.133 e. The van der Waals surface area contributed by atoms with Crippen molar-refractivity contribution in [1.82, 2.24) is 0 Å². The lowest BCUT2D eigenvalue weighted by atomic mass is 9.71. The highest BCUT2D eigenvalue weighted by molar-refractivity contribution is 9.10. The van der Waals surface area contributed by atoms with Gasteiger partial charge in [-0.1, -0.05) is 31.9 Å². The summed E-state index contributed by atoms with van der Waals surface area (Å²) >= 11 is 7.54. The number of alkyl halides is 2. The largest absolute Gasteiger partial charge is 0.300 e. The van der Waals surface area contributed by atoms with Crippen LogP contribution in [0.1, 0.15) is 19.3 Å². The van der Waals surface area contributed by atoms with Crippen molar-refractivity contribution in [3.05, 3.63) is 0 Å². The normalized spacial score (nSPS) is 58.8. The number of halogens is 2. The number of fused-ring (bicyclic) bond motifs is 1. The minimum atomic E-state index is 0.487. The van der Waals surface area contributed by atoms with Crippen LogP contribution in [-0.2, 0) is 4.79 Å². The molecule has 0 aliphatic heterocycles. The summed E-state index contributed by atoms with van der Waals surface area (Å²) in [5.41, 5.74) is 0. The third-order valence-corrected chi connectivity index (χ3v) is 6.92. The summed E-state index contributed by atoms with van der Waals surface area (Å²) in [7, 11) is 0. The summed E-state index contributed by atoms with van der Waals surface area (Å²) in [6, 6.07) is 0. The molecule has 0 saturated heterocycles. The van der Waals surface area contributed by atoms with Crippen LogP contribution >= 0.6 is 31.9 Å². The Morgan fingerprint density at radius 3 is 1.92 bits per heavy atom. The second-order valence-corrected chi connectivity index (χ2v) is 6.84. The van der Waals surface area contributed by atoms with Gasteiger partial charge in [-0.25, -0.2) is 0 Å².